The van der Waals surface area contributed by atoms with Gasteiger partial charge in [-0.25, -0.2) is 0 Å². The molecule has 4 aliphatic rings. The van der Waals surface area contributed by atoms with Crippen molar-refractivity contribution in [2.75, 3.05) is 14.7 Å². The molecule has 0 N–H and O–H groups in total. The smallest absolute Gasteiger partial charge is 0.252 e. The number of rotatable bonds is 5. The minimum absolute atomic E-state index is 0.00680. The normalized spacial score (nSPS) is 17.4. The molecule has 3 heterocycles. The fourth-order valence-corrected chi connectivity index (χ4v) is 15.1. The molecule has 0 unspecified atom stereocenters. The Morgan fingerprint density at radius 3 is 1.38 bits per heavy atom. The molecule has 0 fully saturated rings. The molecule has 0 spiro atoms. The predicted octanol–water partition coefficient (Wildman–Crippen LogP) is 20.7. The zero-order valence-corrected chi connectivity index (χ0v) is 54.4. The Balaban J connectivity index is 1.12. The van der Waals surface area contributed by atoms with E-state index in [0.29, 0.717) is 0 Å². The van der Waals surface area contributed by atoms with Crippen molar-refractivity contribution in [3.05, 3.63) is 189 Å². The Labute approximate surface area is 503 Å². The van der Waals surface area contributed by atoms with Crippen molar-refractivity contribution in [2.24, 2.45) is 0 Å². The molecule has 0 bridgehead atoms. The zero-order valence-electron chi connectivity index (χ0n) is 54.4. The summed E-state index contributed by atoms with van der Waals surface area (Å²) in [6, 6.07) is 53.4. The second kappa shape index (κ2) is 18.5. The van der Waals surface area contributed by atoms with Crippen LogP contribution in [0.5, 0.6) is 0 Å². The number of hydrogen-bond acceptors (Lipinski definition) is 4. The summed E-state index contributed by atoms with van der Waals surface area (Å²) in [6.07, 6.45) is 4.64. The summed E-state index contributed by atoms with van der Waals surface area (Å²) in [4.78, 5) is 7.84. The van der Waals surface area contributed by atoms with Gasteiger partial charge in [0.05, 0.1) is 0 Å². The second-order valence-corrected chi connectivity index (χ2v) is 31.9. The van der Waals surface area contributed by atoms with E-state index in [0.717, 1.165) is 52.6 Å². The monoisotopic (exact) mass is 1110 g/mol. The summed E-state index contributed by atoms with van der Waals surface area (Å²) >= 11 is 0. The minimum atomic E-state index is -0.0545. The highest BCUT2D eigenvalue weighted by molar-refractivity contribution is 7.00. The van der Waals surface area contributed by atoms with Crippen molar-refractivity contribution in [1.82, 2.24) is 0 Å². The van der Waals surface area contributed by atoms with Crippen molar-refractivity contribution in [2.45, 2.75) is 202 Å². The lowest BCUT2D eigenvalue weighted by atomic mass is 9.33. The van der Waals surface area contributed by atoms with Crippen molar-refractivity contribution >= 4 is 96.2 Å². The van der Waals surface area contributed by atoms with Gasteiger partial charge in [-0.05, 0) is 229 Å². The first-order valence-electron chi connectivity index (χ1n) is 31.4. The van der Waals surface area contributed by atoms with Crippen molar-refractivity contribution < 1.29 is 4.42 Å². The maximum absolute atomic E-state index is 7.01. The van der Waals surface area contributed by atoms with Gasteiger partial charge in [-0.1, -0.05) is 172 Å². The fourth-order valence-electron chi connectivity index (χ4n) is 15.1. The first-order chi connectivity index (χ1) is 39.2. The molecule has 0 atom stereocenters. The Morgan fingerprint density at radius 1 is 0.405 bits per heavy atom. The molecular formula is C79H90BN3O. The molecule has 430 valence electrons. The van der Waals surface area contributed by atoms with Crippen LogP contribution >= 0.6 is 0 Å². The van der Waals surface area contributed by atoms with Crippen molar-refractivity contribution in [3.63, 3.8) is 0 Å². The first-order valence-corrected chi connectivity index (χ1v) is 31.4. The van der Waals surface area contributed by atoms with Crippen LogP contribution in [0.1, 0.15) is 199 Å². The molecule has 9 aromatic rings. The van der Waals surface area contributed by atoms with Crippen LogP contribution in [-0.4, -0.2) is 6.71 Å². The van der Waals surface area contributed by atoms with Crippen molar-refractivity contribution in [1.29, 1.82) is 0 Å². The van der Waals surface area contributed by atoms with Crippen LogP contribution in [0.2, 0.25) is 0 Å². The van der Waals surface area contributed by atoms with E-state index in [1.807, 2.05) is 0 Å². The molecule has 0 radical (unpaired) electrons. The third-order valence-corrected chi connectivity index (χ3v) is 20.7. The van der Waals surface area contributed by atoms with Gasteiger partial charge in [0, 0.05) is 68.0 Å². The third-order valence-electron chi connectivity index (χ3n) is 20.7. The number of furan rings is 1. The Hall–Kier alpha value is -6.98. The average Bonchev–Trinajstić information content (AvgIpc) is 1.42. The highest BCUT2D eigenvalue weighted by atomic mass is 16.3. The third kappa shape index (κ3) is 8.89. The van der Waals surface area contributed by atoms with Gasteiger partial charge in [0.25, 0.3) is 6.71 Å². The molecule has 2 aliphatic carbocycles. The van der Waals surface area contributed by atoms with E-state index in [1.54, 1.807) is 0 Å². The Morgan fingerprint density at radius 2 is 0.845 bits per heavy atom. The summed E-state index contributed by atoms with van der Waals surface area (Å²) in [5.74, 6) is 0. The highest BCUT2D eigenvalue weighted by Crippen LogP contribution is 2.54. The van der Waals surface area contributed by atoms with E-state index in [-0.39, 0.29) is 44.6 Å². The SMILES string of the molecule is Cc1cc2c3c(c1)N(c1ccc4c(c1)C(C)(C)CCC4(C)C)c1cc4c(cc1B3c1ccc(N(c3ccc(C(C)(C)C)cc3C)c3ccc(C(C)(C)C)cc3C)cc1N2c1ccc2c(c1)oc1cc(C(C)(C)C)ccc12)C(C)(C)CCC4(C)C. The number of aryl methyl sites for hydroxylation is 3. The second-order valence-electron chi connectivity index (χ2n) is 31.9. The largest absolute Gasteiger partial charge is 0.456 e. The number of fused-ring (bicyclic) bond motifs is 9. The maximum atomic E-state index is 7.01. The first kappa shape index (κ1) is 56.2. The number of nitrogens with zero attached hydrogens (tertiary/aromatic N) is 3. The Kier molecular flexibility index (Phi) is 12.4. The van der Waals surface area contributed by atoms with Gasteiger partial charge >= 0.3 is 0 Å². The Bertz CT molecular complexity index is 4150. The summed E-state index contributed by atoms with van der Waals surface area (Å²) in [5.41, 5.74) is 30.4. The molecule has 13 rings (SSSR count). The van der Waals surface area contributed by atoms with Crippen molar-refractivity contribution in [3.8, 4) is 0 Å². The lowest BCUT2D eigenvalue weighted by molar-refractivity contribution is 0.332. The quantitative estimate of drug-likeness (QED) is 0.160. The molecule has 84 heavy (non-hydrogen) atoms. The molecule has 0 amide bonds. The predicted molar refractivity (Wildman–Crippen MR) is 363 cm³/mol. The van der Waals surface area contributed by atoms with Crippen LogP contribution in [0.15, 0.2) is 138 Å². The van der Waals surface area contributed by atoms with Gasteiger partial charge in [0.2, 0.25) is 0 Å². The van der Waals surface area contributed by atoms with E-state index in [1.165, 1.54) is 118 Å². The molecular weight excluding hydrogens is 1020 g/mol. The molecule has 8 aromatic carbocycles. The lowest BCUT2D eigenvalue weighted by Crippen LogP contribution is -2.62. The maximum Gasteiger partial charge on any atom is 0.252 e. The van der Waals surface area contributed by atoms with Gasteiger partial charge in [-0.15, -0.1) is 0 Å². The van der Waals surface area contributed by atoms with Gasteiger partial charge in [-0.2, -0.15) is 0 Å². The molecule has 4 nitrogen and oxygen atoms in total. The summed E-state index contributed by atoms with van der Waals surface area (Å²) in [6.45, 7) is 47.4. The summed E-state index contributed by atoms with van der Waals surface area (Å²) in [5, 5.41) is 2.28. The van der Waals surface area contributed by atoms with E-state index in [2.05, 4.69) is 287 Å². The van der Waals surface area contributed by atoms with Crippen LogP contribution in [0.3, 0.4) is 0 Å². The molecule has 5 heteroatoms. The van der Waals surface area contributed by atoms with Gasteiger partial charge < -0.3 is 19.1 Å². The van der Waals surface area contributed by atoms with Crippen LogP contribution in [0.4, 0.5) is 51.2 Å². The number of anilines is 9. The van der Waals surface area contributed by atoms with Crippen LogP contribution < -0.4 is 31.1 Å². The zero-order chi connectivity index (χ0) is 59.9. The van der Waals surface area contributed by atoms with Gasteiger partial charge in [0.15, 0.2) is 0 Å². The van der Waals surface area contributed by atoms with E-state index in [4.69, 9.17) is 4.42 Å². The van der Waals surface area contributed by atoms with Crippen LogP contribution in [0, 0.1) is 20.8 Å². The van der Waals surface area contributed by atoms with E-state index >= 15 is 0 Å². The number of benzene rings is 8. The molecule has 0 saturated heterocycles. The van der Waals surface area contributed by atoms with Gasteiger partial charge in [0.1, 0.15) is 11.2 Å². The topological polar surface area (TPSA) is 22.9 Å². The van der Waals surface area contributed by atoms with E-state index < -0.39 is 0 Å². The highest BCUT2D eigenvalue weighted by Gasteiger charge is 2.48. The molecule has 0 saturated carbocycles. The van der Waals surface area contributed by atoms with Crippen LogP contribution in [0.25, 0.3) is 21.9 Å². The van der Waals surface area contributed by atoms with Crippen LogP contribution in [-0.2, 0) is 37.9 Å². The molecule has 2 aliphatic heterocycles. The fraction of sp³-hybridized carbons (Fsp3) is 0.392. The standard InChI is InChI=1S/C79H90BN3O/c1-47-37-68-72-69(38-47)83(55-24-28-57-56-27-21-52(75(10,11)12)41-70(56)84-71(57)44-55)66-43-54(81(64-31-22-50(39-48(64)2)73(4,5)6)65-32-23-51(40-49(65)3)74(7,8)9)26-30-62(66)80(72)63-45-60-61(79(19,20)36-35-78(60,17)18)46-67(63)82(68)53-25-29-58-59(42-53)77(15,16)34-33-76(58,13)14/h21-32,37-46H,33-36H2,1-20H3. The average molecular weight is 1110 g/mol. The number of hydrogen-bond donors (Lipinski definition) is 0. The van der Waals surface area contributed by atoms with E-state index in [9.17, 15) is 0 Å². The minimum Gasteiger partial charge on any atom is -0.456 e. The summed E-state index contributed by atoms with van der Waals surface area (Å²) < 4.78 is 7.01. The summed E-state index contributed by atoms with van der Waals surface area (Å²) in [7, 11) is 0. The molecule has 1 aromatic heterocycles. The van der Waals surface area contributed by atoms with Gasteiger partial charge in [-0.3, -0.25) is 0 Å². The lowest BCUT2D eigenvalue weighted by Gasteiger charge is -2.48.